The van der Waals surface area contributed by atoms with Crippen LogP contribution >= 0.6 is 0 Å². The van der Waals surface area contributed by atoms with E-state index in [1.807, 2.05) is 36.7 Å². The van der Waals surface area contributed by atoms with E-state index in [0.29, 0.717) is 32.2 Å². The van der Waals surface area contributed by atoms with Crippen LogP contribution in [0, 0.1) is 0 Å². The number of piperidine rings is 1. The van der Waals surface area contributed by atoms with E-state index < -0.39 is 29.8 Å². The molecule has 1 aromatic carbocycles. The highest BCUT2D eigenvalue weighted by molar-refractivity contribution is 5.94. The van der Waals surface area contributed by atoms with Gasteiger partial charge in [0.1, 0.15) is 12.1 Å². The molecule has 1 unspecified atom stereocenters. The zero-order valence-electron chi connectivity index (χ0n) is 23.8. The van der Waals surface area contributed by atoms with Crippen molar-refractivity contribution in [2.45, 2.75) is 76.1 Å². The quantitative estimate of drug-likeness (QED) is 0.231. The number of benzene rings is 1. The van der Waals surface area contributed by atoms with E-state index in [2.05, 4.69) is 9.97 Å². The highest BCUT2D eigenvalue weighted by Gasteiger charge is 2.37. The van der Waals surface area contributed by atoms with Gasteiger partial charge in [-0.1, -0.05) is 18.2 Å². The van der Waals surface area contributed by atoms with Crippen molar-refractivity contribution in [2.75, 3.05) is 18.5 Å². The summed E-state index contributed by atoms with van der Waals surface area (Å²) in [6.07, 6.45) is 8.72. The Morgan fingerprint density at radius 3 is 2.19 bits per heavy atom. The van der Waals surface area contributed by atoms with Gasteiger partial charge in [-0.2, -0.15) is 13.2 Å². The van der Waals surface area contributed by atoms with E-state index >= 15 is 0 Å². The molecule has 0 saturated carbocycles. The number of carbonyl (C=O) groups is 2. The van der Waals surface area contributed by atoms with Crippen molar-refractivity contribution in [1.82, 2.24) is 14.9 Å². The molecule has 0 radical (unpaired) electrons. The summed E-state index contributed by atoms with van der Waals surface area (Å²) in [5, 5.41) is 0. The molecule has 0 bridgehead atoms. The van der Waals surface area contributed by atoms with E-state index in [4.69, 9.17) is 4.74 Å². The lowest BCUT2D eigenvalue weighted by atomic mass is 10.0. The first kappa shape index (κ1) is 31.0. The van der Waals surface area contributed by atoms with E-state index in [1.165, 1.54) is 29.0 Å². The van der Waals surface area contributed by atoms with E-state index in [-0.39, 0.29) is 11.8 Å². The molecule has 2 aromatic heterocycles. The van der Waals surface area contributed by atoms with Crippen molar-refractivity contribution < 1.29 is 27.5 Å². The second-order valence-corrected chi connectivity index (χ2v) is 10.7. The zero-order chi connectivity index (χ0) is 30.0. The van der Waals surface area contributed by atoms with Crippen LogP contribution in [0.1, 0.15) is 61.6 Å². The number of likely N-dealkylation sites (tertiary alicyclic amines) is 1. The normalized spacial score (nSPS) is 15.5. The minimum Gasteiger partial charge on any atom is -0.461 e. The molecule has 1 aliphatic rings. The first-order valence-electron chi connectivity index (χ1n) is 14.4. The topological polar surface area (TPSA) is 75.6 Å². The third kappa shape index (κ3) is 8.77. The minimum absolute atomic E-state index is 0.108. The number of halogens is 3. The van der Waals surface area contributed by atoms with Gasteiger partial charge in [0, 0.05) is 44.1 Å². The maximum absolute atomic E-state index is 13.5. The lowest BCUT2D eigenvalue weighted by Crippen LogP contribution is -2.53. The van der Waals surface area contributed by atoms with Gasteiger partial charge in [-0.15, -0.1) is 0 Å². The summed E-state index contributed by atoms with van der Waals surface area (Å²) in [6, 6.07) is 11.1. The van der Waals surface area contributed by atoms with Gasteiger partial charge in [0.2, 0.25) is 0 Å². The van der Waals surface area contributed by atoms with Crippen LogP contribution in [0.4, 0.5) is 23.7 Å². The Morgan fingerprint density at radius 2 is 1.62 bits per heavy atom. The largest absolute Gasteiger partial charge is 0.461 e. The molecule has 7 nitrogen and oxygen atoms in total. The predicted molar refractivity (Wildman–Crippen MR) is 154 cm³/mol. The Balaban J connectivity index is 1.42. The molecule has 3 heterocycles. The van der Waals surface area contributed by atoms with Crippen LogP contribution in [0.15, 0.2) is 73.3 Å². The smallest absolute Gasteiger partial charge is 0.416 e. The second-order valence-electron chi connectivity index (χ2n) is 10.7. The van der Waals surface area contributed by atoms with Gasteiger partial charge < -0.3 is 9.64 Å². The van der Waals surface area contributed by atoms with Gasteiger partial charge in [-0.3, -0.25) is 14.9 Å². The third-order valence-electron chi connectivity index (χ3n) is 7.58. The van der Waals surface area contributed by atoms with Gasteiger partial charge in [0.25, 0.3) is 0 Å². The van der Waals surface area contributed by atoms with Gasteiger partial charge >= 0.3 is 18.2 Å². The average Bonchev–Trinajstić information content (AvgIpc) is 3.01. The van der Waals surface area contributed by atoms with Crippen molar-refractivity contribution in [1.29, 1.82) is 0 Å². The number of anilines is 1. The maximum atomic E-state index is 13.5. The van der Waals surface area contributed by atoms with E-state index in [0.717, 1.165) is 55.4 Å². The Bertz CT molecular complexity index is 1250. The Hall–Kier alpha value is -3.95. The third-order valence-corrected chi connectivity index (χ3v) is 7.58. The Kier molecular flexibility index (Phi) is 10.9. The standard InChI is InChI=1S/C32H37F3N4O3/c1-38(27-14-6-13-26(21-27)32(33,34)35)31(41)39-20-3-2-17-29(39)30(40)42-28(15-4-9-24-11-7-18-36-22-24)16-5-10-25-12-8-19-37-23-25/h6-8,11-14,18-19,21-23,28-29H,2-5,9-10,15-17,20H2,1H3. The van der Waals surface area contributed by atoms with Crippen molar-refractivity contribution in [2.24, 2.45) is 0 Å². The number of pyridine rings is 2. The van der Waals surface area contributed by atoms with Gasteiger partial charge in [0.15, 0.2) is 0 Å². The fourth-order valence-electron chi connectivity index (χ4n) is 5.26. The van der Waals surface area contributed by atoms with Crippen LogP contribution in [0.25, 0.3) is 0 Å². The average molecular weight is 583 g/mol. The lowest BCUT2D eigenvalue weighted by Gasteiger charge is -2.37. The number of carbonyl (C=O) groups excluding carboxylic acids is 2. The molecule has 2 amide bonds. The Morgan fingerprint density at radius 1 is 0.976 bits per heavy atom. The van der Waals surface area contributed by atoms with Crippen LogP contribution in [-0.4, -0.2) is 52.6 Å². The first-order valence-corrected chi connectivity index (χ1v) is 14.4. The number of rotatable bonds is 11. The first-order chi connectivity index (χ1) is 20.2. The highest BCUT2D eigenvalue weighted by atomic mass is 19.4. The Labute approximate surface area is 244 Å². The number of hydrogen-bond donors (Lipinski definition) is 0. The van der Waals surface area contributed by atoms with Crippen LogP contribution in [0.5, 0.6) is 0 Å². The second kappa shape index (κ2) is 14.8. The molecule has 224 valence electrons. The van der Waals surface area contributed by atoms with Crippen LogP contribution in [0.3, 0.4) is 0 Å². The predicted octanol–water partition coefficient (Wildman–Crippen LogP) is 6.86. The number of esters is 1. The number of nitrogens with zero attached hydrogens (tertiary/aromatic N) is 4. The molecule has 1 saturated heterocycles. The van der Waals surface area contributed by atoms with Gasteiger partial charge in [0.05, 0.1) is 5.56 Å². The van der Waals surface area contributed by atoms with E-state index in [1.54, 1.807) is 12.4 Å². The van der Waals surface area contributed by atoms with Crippen molar-refractivity contribution in [3.05, 3.63) is 90.0 Å². The van der Waals surface area contributed by atoms with Crippen LogP contribution in [0.2, 0.25) is 0 Å². The molecule has 0 spiro atoms. The van der Waals surface area contributed by atoms with Crippen LogP contribution in [-0.2, 0) is 28.5 Å². The molecular formula is C32H37F3N4O3. The fraction of sp³-hybridized carbons (Fsp3) is 0.438. The number of aryl methyl sites for hydroxylation is 2. The summed E-state index contributed by atoms with van der Waals surface area (Å²) in [5.41, 5.74) is 1.49. The van der Waals surface area contributed by atoms with Crippen molar-refractivity contribution in [3.63, 3.8) is 0 Å². The van der Waals surface area contributed by atoms with Crippen molar-refractivity contribution >= 4 is 17.7 Å². The number of ether oxygens (including phenoxy) is 1. The van der Waals surface area contributed by atoms with E-state index in [9.17, 15) is 22.8 Å². The molecule has 3 aromatic rings. The summed E-state index contributed by atoms with van der Waals surface area (Å²) in [5.74, 6) is -0.465. The summed E-state index contributed by atoms with van der Waals surface area (Å²) in [7, 11) is 1.43. The minimum atomic E-state index is -4.53. The summed E-state index contributed by atoms with van der Waals surface area (Å²) < 4.78 is 45.9. The number of urea groups is 1. The van der Waals surface area contributed by atoms with Gasteiger partial charge in [-0.05, 0) is 99.2 Å². The number of amides is 2. The molecular weight excluding hydrogens is 545 g/mol. The maximum Gasteiger partial charge on any atom is 0.416 e. The van der Waals surface area contributed by atoms with Crippen LogP contribution < -0.4 is 4.90 Å². The summed E-state index contributed by atoms with van der Waals surface area (Å²) in [4.78, 5) is 37.9. The molecule has 1 fully saturated rings. The molecule has 0 N–H and O–H groups in total. The molecule has 1 aliphatic heterocycles. The fourth-order valence-corrected chi connectivity index (χ4v) is 5.26. The molecule has 42 heavy (non-hydrogen) atoms. The summed E-state index contributed by atoms with van der Waals surface area (Å²) >= 11 is 0. The number of aromatic nitrogens is 2. The number of hydrogen-bond acceptors (Lipinski definition) is 5. The molecule has 0 aliphatic carbocycles. The molecule has 4 rings (SSSR count). The summed E-state index contributed by atoms with van der Waals surface area (Å²) in [6.45, 7) is 0.328. The highest BCUT2D eigenvalue weighted by Crippen LogP contribution is 2.32. The van der Waals surface area contributed by atoms with Gasteiger partial charge in [-0.25, -0.2) is 9.59 Å². The van der Waals surface area contributed by atoms with Crippen molar-refractivity contribution in [3.8, 4) is 0 Å². The monoisotopic (exact) mass is 582 g/mol. The SMILES string of the molecule is CN(C(=O)N1CCCCC1C(=O)OC(CCCc1cccnc1)CCCc1cccnc1)c1cccc(C(F)(F)F)c1. The molecule has 10 heteroatoms. The lowest BCUT2D eigenvalue weighted by molar-refractivity contribution is -0.156. The number of alkyl halides is 3. The zero-order valence-corrected chi connectivity index (χ0v) is 23.8. The molecule has 1 atom stereocenters.